The van der Waals surface area contributed by atoms with E-state index < -0.39 is 0 Å². The summed E-state index contributed by atoms with van der Waals surface area (Å²) in [6.07, 6.45) is 3.37. The number of nitrogens with one attached hydrogen (secondary N) is 1. The van der Waals surface area contributed by atoms with Crippen LogP contribution in [0.2, 0.25) is 0 Å². The summed E-state index contributed by atoms with van der Waals surface area (Å²) in [7, 11) is 0. The van der Waals surface area contributed by atoms with Gasteiger partial charge in [-0.3, -0.25) is 9.78 Å². The highest BCUT2D eigenvalue weighted by molar-refractivity contribution is 6.06. The second-order valence-electron chi connectivity index (χ2n) is 6.24. The first-order valence-electron chi connectivity index (χ1n) is 8.86. The third-order valence-electron chi connectivity index (χ3n) is 4.30. The molecule has 6 heteroatoms. The van der Waals surface area contributed by atoms with Crippen LogP contribution in [-0.2, 0) is 6.42 Å². The Balaban J connectivity index is 1.56. The molecule has 1 N–H and O–H groups in total. The maximum atomic E-state index is 12.7. The molecule has 1 aliphatic rings. The highest BCUT2D eigenvalue weighted by Crippen LogP contribution is 2.31. The zero-order chi connectivity index (χ0) is 18.6. The standard InChI is InChI=1S/C21H19N3O3/c1-2-5-15-11-17(16-6-3-4-7-18(16)23-15)21(25)24-22-12-14-8-9-19-20(10-14)27-13-26-19/h3-4,6-12H,2,5,13H2,1H3,(H,24,25). The van der Waals surface area contributed by atoms with Crippen molar-refractivity contribution >= 4 is 23.0 Å². The minimum atomic E-state index is -0.261. The van der Waals surface area contributed by atoms with E-state index in [4.69, 9.17) is 9.47 Å². The molecular weight excluding hydrogens is 342 g/mol. The van der Waals surface area contributed by atoms with Crippen molar-refractivity contribution in [2.45, 2.75) is 19.8 Å². The number of hydrogen-bond donors (Lipinski definition) is 1. The molecule has 1 aliphatic heterocycles. The Kier molecular flexibility index (Phi) is 4.70. The van der Waals surface area contributed by atoms with E-state index in [0.717, 1.165) is 35.0 Å². The number of benzene rings is 2. The van der Waals surface area contributed by atoms with E-state index in [-0.39, 0.29) is 12.7 Å². The molecule has 27 heavy (non-hydrogen) atoms. The normalized spacial score (nSPS) is 12.6. The van der Waals surface area contributed by atoms with Gasteiger partial charge in [0.25, 0.3) is 5.91 Å². The Bertz CT molecular complexity index is 1030. The second-order valence-corrected chi connectivity index (χ2v) is 6.24. The summed E-state index contributed by atoms with van der Waals surface area (Å²) in [5.41, 5.74) is 5.71. The van der Waals surface area contributed by atoms with Crippen LogP contribution in [0.1, 0.15) is 35.0 Å². The molecule has 4 rings (SSSR count). The molecule has 0 spiro atoms. The van der Waals surface area contributed by atoms with Gasteiger partial charge in [-0.2, -0.15) is 5.10 Å². The predicted molar refractivity (Wildman–Crippen MR) is 103 cm³/mol. The van der Waals surface area contributed by atoms with Crippen LogP contribution >= 0.6 is 0 Å². The molecule has 0 fully saturated rings. The second kappa shape index (κ2) is 7.45. The monoisotopic (exact) mass is 361 g/mol. The molecular formula is C21H19N3O3. The fraction of sp³-hybridized carbons (Fsp3) is 0.190. The highest BCUT2D eigenvalue weighted by Gasteiger charge is 2.14. The van der Waals surface area contributed by atoms with Crippen LogP contribution < -0.4 is 14.9 Å². The highest BCUT2D eigenvalue weighted by atomic mass is 16.7. The number of nitrogens with zero attached hydrogens (tertiary/aromatic N) is 2. The van der Waals surface area contributed by atoms with Crippen molar-refractivity contribution in [1.82, 2.24) is 10.4 Å². The third-order valence-corrected chi connectivity index (χ3v) is 4.30. The Hall–Kier alpha value is -3.41. The molecule has 0 atom stereocenters. The topological polar surface area (TPSA) is 72.8 Å². The fourth-order valence-electron chi connectivity index (χ4n) is 3.02. The van der Waals surface area contributed by atoms with Crippen molar-refractivity contribution in [2.24, 2.45) is 5.10 Å². The average molecular weight is 361 g/mol. The predicted octanol–water partition coefficient (Wildman–Crippen LogP) is 3.68. The van der Waals surface area contributed by atoms with E-state index in [0.29, 0.717) is 17.1 Å². The number of rotatable bonds is 5. The smallest absolute Gasteiger partial charge is 0.272 e. The van der Waals surface area contributed by atoms with Gasteiger partial charge in [0.15, 0.2) is 11.5 Å². The number of pyridine rings is 1. The maximum Gasteiger partial charge on any atom is 0.272 e. The molecule has 2 aromatic carbocycles. The zero-order valence-corrected chi connectivity index (χ0v) is 14.9. The number of ether oxygens (including phenoxy) is 2. The zero-order valence-electron chi connectivity index (χ0n) is 14.9. The Morgan fingerprint density at radius 2 is 2.04 bits per heavy atom. The summed E-state index contributed by atoms with van der Waals surface area (Å²) in [5.74, 6) is 1.13. The molecule has 2 heterocycles. The first-order valence-corrected chi connectivity index (χ1v) is 8.86. The average Bonchev–Trinajstić information content (AvgIpc) is 3.15. The third kappa shape index (κ3) is 3.60. The van der Waals surface area contributed by atoms with Crippen LogP contribution in [0.25, 0.3) is 10.9 Å². The summed E-state index contributed by atoms with van der Waals surface area (Å²) in [4.78, 5) is 17.3. The van der Waals surface area contributed by atoms with Gasteiger partial charge in [0, 0.05) is 11.1 Å². The van der Waals surface area contributed by atoms with E-state index >= 15 is 0 Å². The van der Waals surface area contributed by atoms with E-state index in [1.54, 1.807) is 6.21 Å². The molecule has 0 unspecified atom stereocenters. The number of aryl methyl sites for hydroxylation is 1. The van der Waals surface area contributed by atoms with Gasteiger partial charge in [0.05, 0.1) is 17.3 Å². The lowest BCUT2D eigenvalue weighted by atomic mass is 10.1. The number of aromatic nitrogens is 1. The molecule has 0 saturated heterocycles. The van der Waals surface area contributed by atoms with Crippen LogP contribution in [0.4, 0.5) is 0 Å². The van der Waals surface area contributed by atoms with Crippen molar-refractivity contribution in [3.8, 4) is 11.5 Å². The number of carbonyl (C=O) groups is 1. The van der Waals surface area contributed by atoms with E-state index in [1.807, 2.05) is 48.5 Å². The number of amides is 1. The molecule has 0 aliphatic carbocycles. The minimum Gasteiger partial charge on any atom is -0.454 e. The largest absolute Gasteiger partial charge is 0.454 e. The van der Waals surface area contributed by atoms with Gasteiger partial charge in [-0.25, -0.2) is 5.43 Å². The lowest BCUT2D eigenvalue weighted by molar-refractivity contribution is 0.0956. The molecule has 1 aromatic heterocycles. The quantitative estimate of drug-likeness (QED) is 0.556. The van der Waals surface area contributed by atoms with Crippen molar-refractivity contribution in [2.75, 3.05) is 6.79 Å². The van der Waals surface area contributed by atoms with Gasteiger partial charge in [-0.05, 0) is 42.3 Å². The van der Waals surface area contributed by atoms with Gasteiger partial charge in [0.2, 0.25) is 6.79 Å². The lowest BCUT2D eigenvalue weighted by Gasteiger charge is -2.08. The van der Waals surface area contributed by atoms with Crippen molar-refractivity contribution < 1.29 is 14.3 Å². The summed E-state index contributed by atoms with van der Waals surface area (Å²) >= 11 is 0. The summed E-state index contributed by atoms with van der Waals surface area (Å²) in [6.45, 7) is 2.31. The molecule has 136 valence electrons. The van der Waals surface area contributed by atoms with Crippen molar-refractivity contribution in [3.63, 3.8) is 0 Å². The Morgan fingerprint density at radius 3 is 2.93 bits per heavy atom. The van der Waals surface area contributed by atoms with Crippen LogP contribution in [0.15, 0.2) is 53.6 Å². The number of hydrazone groups is 1. The van der Waals surface area contributed by atoms with E-state index in [2.05, 4.69) is 22.4 Å². The number of carbonyl (C=O) groups excluding carboxylic acids is 1. The number of hydrogen-bond acceptors (Lipinski definition) is 5. The van der Waals surface area contributed by atoms with Gasteiger partial charge >= 0.3 is 0 Å². The van der Waals surface area contributed by atoms with Crippen molar-refractivity contribution in [3.05, 3.63) is 65.4 Å². The van der Waals surface area contributed by atoms with Gasteiger partial charge in [-0.15, -0.1) is 0 Å². The molecule has 0 bridgehead atoms. The molecule has 0 saturated carbocycles. The Labute approximate surface area is 156 Å². The van der Waals surface area contributed by atoms with Crippen LogP contribution in [-0.4, -0.2) is 23.9 Å². The lowest BCUT2D eigenvalue weighted by Crippen LogP contribution is -2.18. The summed E-state index contributed by atoms with van der Waals surface area (Å²) in [6, 6.07) is 15.0. The SMILES string of the molecule is CCCc1cc(C(=O)NN=Cc2ccc3c(c2)OCO3)c2ccccc2n1. The molecule has 1 amide bonds. The molecule has 0 radical (unpaired) electrons. The maximum absolute atomic E-state index is 12.7. The van der Waals surface area contributed by atoms with Gasteiger partial charge in [-0.1, -0.05) is 31.5 Å². The summed E-state index contributed by atoms with van der Waals surface area (Å²) in [5, 5.41) is 4.90. The van der Waals surface area contributed by atoms with Crippen LogP contribution in [0, 0.1) is 0 Å². The van der Waals surface area contributed by atoms with E-state index in [9.17, 15) is 4.79 Å². The first kappa shape index (κ1) is 17.0. The molecule has 3 aromatic rings. The van der Waals surface area contributed by atoms with Gasteiger partial charge < -0.3 is 9.47 Å². The summed E-state index contributed by atoms with van der Waals surface area (Å²) < 4.78 is 10.6. The molecule has 6 nitrogen and oxygen atoms in total. The fourth-order valence-corrected chi connectivity index (χ4v) is 3.02. The van der Waals surface area contributed by atoms with Crippen LogP contribution in [0.5, 0.6) is 11.5 Å². The van der Waals surface area contributed by atoms with E-state index in [1.165, 1.54) is 0 Å². The number of para-hydroxylation sites is 1. The number of fused-ring (bicyclic) bond motifs is 2. The van der Waals surface area contributed by atoms with Gasteiger partial charge in [0.1, 0.15) is 0 Å². The van der Waals surface area contributed by atoms with Crippen molar-refractivity contribution in [1.29, 1.82) is 0 Å². The van der Waals surface area contributed by atoms with Crippen LogP contribution in [0.3, 0.4) is 0 Å². The Morgan fingerprint density at radius 1 is 1.19 bits per heavy atom. The minimum absolute atomic E-state index is 0.224. The first-order chi connectivity index (χ1) is 13.2.